The van der Waals surface area contributed by atoms with Crippen molar-refractivity contribution in [2.45, 2.75) is 27.7 Å². The van der Waals surface area contributed by atoms with Gasteiger partial charge in [0.05, 0.1) is 21.7 Å². The summed E-state index contributed by atoms with van der Waals surface area (Å²) in [6, 6.07) is 34.7. The van der Waals surface area contributed by atoms with E-state index in [0.29, 0.717) is 10.0 Å². The molecule has 1 aromatic heterocycles. The van der Waals surface area contributed by atoms with E-state index in [4.69, 9.17) is 23.2 Å². The van der Waals surface area contributed by atoms with Crippen molar-refractivity contribution < 1.29 is 0 Å². The SMILES string of the molecule is Cc1cccc(C)c1-c1ccc2c(c1)c1c3ccccc3c(-c3c(C)cccc3C)cc1n2-c1cc(Cl)cc(Br)c1Cl. The maximum Gasteiger partial charge on any atom is 0.0789 e. The third-order valence-electron chi connectivity index (χ3n) is 8.51. The average molecular weight is 649 g/mol. The van der Waals surface area contributed by atoms with Gasteiger partial charge in [-0.15, -0.1) is 0 Å². The first-order valence-corrected chi connectivity index (χ1v) is 15.6. The molecule has 7 aromatic rings. The van der Waals surface area contributed by atoms with E-state index in [-0.39, 0.29) is 0 Å². The fourth-order valence-electron chi connectivity index (χ4n) is 6.72. The Morgan fingerprint density at radius 1 is 0.571 bits per heavy atom. The zero-order valence-electron chi connectivity index (χ0n) is 23.8. The molecule has 0 spiro atoms. The number of aryl methyl sites for hydroxylation is 4. The Balaban J connectivity index is 1.71. The minimum atomic E-state index is 0.624. The average Bonchev–Trinajstić information content (AvgIpc) is 3.28. The highest BCUT2D eigenvalue weighted by molar-refractivity contribution is 9.10. The molecule has 0 atom stereocenters. The molecule has 0 N–H and O–H groups in total. The second-order valence-corrected chi connectivity index (χ2v) is 12.9. The smallest absolute Gasteiger partial charge is 0.0789 e. The van der Waals surface area contributed by atoms with E-state index in [2.05, 4.69) is 133 Å². The van der Waals surface area contributed by atoms with Crippen LogP contribution in [0, 0.1) is 27.7 Å². The third-order valence-corrected chi connectivity index (χ3v) is 9.98. The van der Waals surface area contributed by atoms with Gasteiger partial charge in [0.2, 0.25) is 0 Å². The summed E-state index contributed by atoms with van der Waals surface area (Å²) in [5.41, 5.74) is 13.0. The molecule has 0 saturated heterocycles. The number of rotatable bonds is 3. The van der Waals surface area contributed by atoms with Crippen molar-refractivity contribution >= 4 is 71.7 Å². The first-order chi connectivity index (χ1) is 20.2. The first-order valence-electron chi connectivity index (χ1n) is 14.0. The van der Waals surface area contributed by atoms with Gasteiger partial charge in [0.1, 0.15) is 0 Å². The summed E-state index contributed by atoms with van der Waals surface area (Å²) in [5.74, 6) is 0. The number of hydrogen-bond acceptors (Lipinski definition) is 0. The van der Waals surface area contributed by atoms with Crippen molar-refractivity contribution in [1.82, 2.24) is 4.57 Å². The molecule has 0 fully saturated rings. The molecule has 1 heterocycles. The summed E-state index contributed by atoms with van der Waals surface area (Å²) in [7, 11) is 0. The van der Waals surface area contributed by atoms with E-state index >= 15 is 0 Å². The zero-order valence-corrected chi connectivity index (χ0v) is 26.9. The summed E-state index contributed by atoms with van der Waals surface area (Å²) in [5, 5.41) is 6.08. The summed E-state index contributed by atoms with van der Waals surface area (Å²) < 4.78 is 3.05. The summed E-state index contributed by atoms with van der Waals surface area (Å²) in [6.45, 7) is 8.76. The van der Waals surface area contributed by atoms with Crippen LogP contribution >= 0.6 is 39.1 Å². The molecule has 206 valence electrons. The molecular weight excluding hydrogens is 621 g/mol. The van der Waals surface area contributed by atoms with Gasteiger partial charge >= 0.3 is 0 Å². The van der Waals surface area contributed by atoms with Crippen molar-refractivity contribution in [1.29, 1.82) is 0 Å². The molecule has 1 nitrogen and oxygen atoms in total. The Morgan fingerprint density at radius 2 is 1.19 bits per heavy atom. The van der Waals surface area contributed by atoms with Crippen molar-refractivity contribution in [3.8, 4) is 27.9 Å². The lowest BCUT2D eigenvalue weighted by molar-refractivity contribution is 1.18. The number of halogens is 3. The van der Waals surface area contributed by atoms with Crippen LogP contribution in [0.2, 0.25) is 10.0 Å². The molecule has 42 heavy (non-hydrogen) atoms. The standard InChI is InChI=1S/C38H28BrCl2N/c1-21-9-7-10-22(2)35(21)25-15-16-32-30(17-25)37-28-14-6-5-13-27(28)29(36-23(3)11-8-12-24(36)4)20-33(37)42(32)34-19-26(40)18-31(39)38(34)41/h5-20H,1-4H3. The summed E-state index contributed by atoms with van der Waals surface area (Å²) in [4.78, 5) is 0. The number of hydrogen-bond donors (Lipinski definition) is 0. The molecule has 0 aliphatic carbocycles. The van der Waals surface area contributed by atoms with E-state index in [0.717, 1.165) is 21.2 Å². The normalized spacial score (nSPS) is 11.7. The Morgan fingerprint density at radius 3 is 1.86 bits per heavy atom. The Labute approximate surface area is 264 Å². The molecule has 6 aromatic carbocycles. The zero-order chi connectivity index (χ0) is 29.3. The predicted molar refractivity (Wildman–Crippen MR) is 186 cm³/mol. The highest BCUT2D eigenvalue weighted by Gasteiger charge is 2.22. The van der Waals surface area contributed by atoms with Gasteiger partial charge in [-0.3, -0.25) is 0 Å². The van der Waals surface area contributed by atoms with Gasteiger partial charge in [-0.2, -0.15) is 0 Å². The van der Waals surface area contributed by atoms with Gasteiger partial charge in [-0.25, -0.2) is 0 Å². The van der Waals surface area contributed by atoms with E-state index in [1.807, 2.05) is 12.1 Å². The van der Waals surface area contributed by atoms with Crippen molar-refractivity contribution in [3.05, 3.63) is 134 Å². The number of benzene rings is 6. The topological polar surface area (TPSA) is 4.93 Å². The highest BCUT2D eigenvalue weighted by Crippen LogP contribution is 2.45. The van der Waals surface area contributed by atoms with Crippen LogP contribution in [-0.2, 0) is 0 Å². The molecular formula is C38H28BrCl2N. The lowest BCUT2D eigenvalue weighted by Crippen LogP contribution is -1.97. The van der Waals surface area contributed by atoms with Gasteiger partial charge in [0.15, 0.2) is 0 Å². The van der Waals surface area contributed by atoms with E-state index in [1.54, 1.807) is 0 Å². The van der Waals surface area contributed by atoms with Gasteiger partial charge in [0.25, 0.3) is 0 Å². The molecule has 0 amide bonds. The summed E-state index contributed by atoms with van der Waals surface area (Å²) >= 11 is 17.3. The van der Waals surface area contributed by atoms with Crippen LogP contribution in [0.15, 0.2) is 102 Å². The Kier molecular flexibility index (Phi) is 6.70. The van der Waals surface area contributed by atoms with E-state index < -0.39 is 0 Å². The van der Waals surface area contributed by atoms with Gasteiger partial charge in [0, 0.05) is 20.3 Å². The number of fused-ring (bicyclic) bond motifs is 5. The van der Waals surface area contributed by atoms with E-state index in [9.17, 15) is 0 Å². The first kappa shape index (κ1) is 27.3. The van der Waals surface area contributed by atoms with Gasteiger partial charge in [-0.1, -0.05) is 89.9 Å². The molecule has 0 aliphatic heterocycles. The van der Waals surface area contributed by atoms with Crippen LogP contribution in [0.25, 0.3) is 60.5 Å². The molecule has 0 bridgehead atoms. The molecule has 0 unspecified atom stereocenters. The van der Waals surface area contributed by atoms with Crippen LogP contribution in [0.3, 0.4) is 0 Å². The van der Waals surface area contributed by atoms with Crippen molar-refractivity contribution in [2.24, 2.45) is 0 Å². The van der Waals surface area contributed by atoms with Crippen LogP contribution in [-0.4, -0.2) is 4.57 Å². The summed E-state index contributed by atoms with van der Waals surface area (Å²) in [6.07, 6.45) is 0. The lowest BCUT2D eigenvalue weighted by atomic mass is 9.89. The van der Waals surface area contributed by atoms with Gasteiger partial charge < -0.3 is 4.57 Å². The van der Waals surface area contributed by atoms with Crippen LogP contribution < -0.4 is 0 Å². The van der Waals surface area contributed by atoms with Crippen LogP contribution in [0.4, 0.5) is 0 Å². The minimum absolute atomic E-state index is 0.624. The lowest BCUT2D eigenvalue weighted by Gasteiger charge is -2.16. The Bertz CT molecular complexity index is 2180. The maximum atomic E-state index is 7.03. The largest absolute Gasteiger partial charge is 0.308 e. The minimum Gasteiger partial charge on any atom is -0.308 e. The number of aromatic nitrogens is 1. The second kappa shape index (κ2) is 10.3. The highest BCUT2D eigenvalue weighted by atomic mass is 79.9. The second-order valence-electron chi connectivity index (χ2n) is 11.2. The van der Waals surface area contributed by atoms with Crippen LogP contribution in [0.5, 0.6) is 0 Å². The Hall–Kier alpha value is -3.56. The fraction of sp³-hybridized carbons (Fsp3) is 0.105. The van der Waals surface area contributed by atoms with Crippen molar-refractivity contribution in [3.63, 3.8) is 0 Å². The predicted octanol–water partition coefficient (Wildman–Crippen LogP) is 12.6. The van der Waals surface area contributed by atoms with Gasteiger partial charge in [-0.05, 0) is 129 Å². The number of nitrogens with zero attached hydrogens (tertiary/aromatic N) is 1. The quantitative estimate of drug-likeness (QED) is 0.168. The molecule has 0 aliphatic rings. The van der Waals surface area contributed by atoms with Crippen molar-refractivity contribution in [2.75, 3.05) is 0 Å². The molecule has 7 rings (SSSR count). The molecule has 4 heteroatoms. The molecule has 0 saturated carbocycles. The third kappa shape index (κ3) is 4.20. The maximum absolute atomic E-state index is 7.03. The molecule has 0 radical (unpaired) electrons. The monoisotopic (exact) mass is 647 g/mol. The van der Waals surface area contributed by atoms with Crippen LogP contribution in [0.1, 0.15) is 22.3 Å². The fourth-order valence-corrected chi connectivity index (χ4v) is 7.70. The van der Waals surface area contributed by atoms with E-state index in [1.165, 1.54) is 66.1 Å².